The van der Waals surface area contributed by atoms with Crippen molar-refractivity contribution < 1.29 is 32.9 Å². The summed E-state index contributed by atoms with van der Waals surface area (Å²) in [4.78, 5) is 28.5. The van der Waals surface area contributed by atoms with Gasteiger partial charge in [0, 0.05) is 12.5 Å². The molecule has 0 aromatic carbocycles. The molecule has 7 nitrogen and oxygen atoms in total. The second kappa shape index (κ2) is 11.0. The number of hydrogen-bond acceptors (Lipinski definition) is 4. The number of carbonyl (C=O) groups is 1. The summed E-state index contributed by atoms with van der Waals surface area (Å²) in [7, 11) is 1.97. The quantitative estimate of drug-likeness (QED) is 0.171. The maximum Gasteiger partial charge on any atom is 0.469 e. The molecule has 2 unspecified atom stereocenters. The largest absolute Gasteiger partial charge is 0.469 e. The Hall–Kier alpha value is -0.720. The van der Waals surface area contributed by atoms with Crippen LogP contribution in [0.1, 0.15) is 45.4 Å². The van der Waals surface area contributed by atoms with E-state index in [1.165, 1.54) is 6.08 Å². The summed E-state index contributed by atoms with van der Waals surface area (Å²) < 4.78 is 21.1. The fraction of sp³-hybridized carbons (Fsp3) is 0.812. The molecular formula is C16H33NO6P+. The zero-order valence-corrected chi connectivity index (χ0v) is 16.2. The third kappa shape index (κ3) is 12.7. The van der Waals surface area contributed by atoms with Crippen LogP contribution in [0.3, 0.4) is 0 Å². The number of unbranched alkanes of at least 4 members (excludes halogenated alkanes) is 1. The number of rotatable bonds is 13. The molecule has 0 heterocycles. The zero-order chi connectivity index (χ0) is 18.8. The third-order valence-electron chi connectivity index (χ3n) is 3.92. The van der Waals surface area contributed by atoms with Crippen LogP contribution in [0.5, 0.6) is 0 Å². The molecule has 0 radical (unpaired) electrons. The van der Waals surface area contributed by atoms with Gasteiger partial charge in [-0.3, -0.25) is 4.52 Å². The molecule has 0 aromatic heterocycles. The molecule has 0 fully saturated rings. The summed E-state index contributed by atoms with van der Waals surface area (Å²) in [6.07, 6.45) is 6.28. The molecule has 142 valence electrons. The smallest absolute Gasteiger partial charge is 0.460 e. The van der Waals surface area contributed by atoms with Gasteiger partial charge in [-0.1, -0.05) is 6.58 Å². The minimum Gasteiger partial charge on any atom is -0.460 e. The van der Waals surface area contributed by atoms with Crippen LogP contribution in [0.2, 0.25) is 0 Å². The highest BCUT2D eigenvalue weighted by Crippen LogP contribution is 2.36. The lowest BCUT2D eigenvalue weighted by atomic mass is 10.0. The van der Waals surface area contributed by atoms with E-state index in [2.05, 4.69) is 32.2 Å². The van der Waals surface area contributed by atoms with Gasteiger partial charge in [-0.05, 0) is 39.0 Å². The average Bonchev–Trinajstić information content (AvgIpc) is 2.42. The zero-order valence-electron chi connectivity index (χ0n) is 15.3. The van der Waals surface area contributed by atoms with Crippen LogP contribution in [0.25, 0.3) is 0 Å². The lowest BCUT2D eigenvalue weighted by Gasteiger charge is -2.34. The Morgan fingerprint density at radius 1 is 1.17 bits per heavy atom. The first-order valence-corrected chi connectivity index (χ1v) is 9.83. The van der Waals surface area contributed by atoms with Crippen molar-refractivity contribution >= 4 is 13.8 Å². The molecule has 24 heavy (non-hydrogen) atoms. The van der Waals surface area contributed by atoms with E-state index in [1.807, 2.05) is 6.92 Å². The van der Waals surface area contributed by atoms with Crippen molar-refractivity contribution in [1.82, 2.24) is 0 Å². The van der Waals surface area contributed by atoms with Gasteiger partial charge in [0.2, 0.25) is 0 Å². The molecule has 0 bridgehead atoms. The number of phosphoric acid groups is 1. The molecule has 2 atom stereocenters. The molecule has 0 saturated carbocycles. The van der Waals surface area contributed by atoms with Gasteiger partial charge in [0.1, 0.15) is 0 Å². The van der Waals surface area contributed by atoms with E-state index in [1.54, 1.807) is 0 Å². The van der Waals surface area contributed by atoms with Gasteiger partial charge in [-0.25, -0.2) is 9.36 Å². The highest BCUT2D eigenvalue weighted by molar-refractivity contribution is 7.46. The molecular weight excluding hydrogens is 333 g/mol. The molecule has 0 aliphatic carbocycles. The third-order valence-corrected chi connectivity index (χ3v) is 4.44. The average molecular weight is 366 g/mol. The Kier molecular flexibility index (Phi) is 10.7. The number of esters is 1. The maximum absolute atomic E-state index is 11.1. The van der Waals surface area contributed by atoms with Crippen LogP contribution in [0, 0.1) is 0 Å². The van der Waals surface area contributed by atoms with Crippen molar-refractivity contribution in [2.24, 2.45) is 0 Å². The summed E-state index contributed by atoms with van der Waals surface area (Å²) in [5.74, 6) is -0.392. The summed E-state index contributed by atoms with van der Waals surface area (Å²) in [6, 6.07) is 0.386. The molecule has 8 heteroatoms. The number of carbonyl (C=O) groups excluding carboxylic acids is 1. The summed E-state index contributed by atoms with van der Waals surface area (Å²) in [5, 5.41) is 0. The van der Waals surface area contributed by atoms with E-state index in [0.717, 1.165) is 36.6 Å². The first kappa shape index (κ1) is 23.3. The molecule has 0 spiro atoms. The monoisotopic (exact) mass is 366 g/mol. The normalized spacial score (nSPS) is 14.9. The van der Waals surface area contributed by atoms with Gasteiger partial charge in [-0.2, -0.15) is 0 Å². The van der Waals surface area contributed by atoms with Crippen molar-refractivity contribution in [3.63, 3.8) is 0 Å². The predicted molar refractivity (Wildman–Crippen MR) is 93.3 cm³/mol. The van der Waals surface area contributed by atoms with Crippen molar-refractivity contribution in [2.75, 3.05) is 27.7 Å². The van der Waals surface area contributed by atoms with Gasteiger partial charge in [-0.15, -0.1) is 0 Å². The fourth-order valence-corrected chi connectivity index (χ4v) is 2.91. The van der Waals surface area contributed by atoms with E-state index in [4.69, 9.17) is 14.5 Å². The van der Waals surface area contributed by atoms with Gasteiger partial charge in [0.25, 0.3) is 0 Å². The van der Waals surface area contributed by atoms with Gasteiger partial charge in [0.05, 0.1) is 39.9 Å². The van der Waals surface area contributed by atoms with Crippen molar-refractivity contribution in [1.29, 1.82) is 0 Å². The molecule has 0 aromatic rings. The second-order valence-corrected chi connectivity index (χ2v) is 8.21. The van der Waals surface area contributed by atoms with Crippen LogP contribution in [-0.4, -0.2) is 60.1 Å². The highest BCUT2D eigenvalue weighted by Gasteiger charge is 2.23. The van der Waals surface area contributed by atoms with Crippen LogP contribution in [0.4, 0.5) is 0 Å². The Bertz CT molecular complexity index is 429. The fourth-order valence-electron chi connectivity index (χ4n) is 2.54. The Morgan fingerprint density at radius 3 is 2.21 bits per heavy atom. The summed E-state index contributed by atoms with van der Waals surface area (Å²) in [5.41, 5.74) is 0. The van der Waals surface area contributed by atoms with Gasteiger partial charge in [0.15, 0.2) is 0 Å². The van der Waals surface area contributed by atoms with Crippen LogP contribution >= 0.6 is 7.82 Å². The second-order valence-electron chi connectivity index (χ2n) is 6.97. The number of nitrogens with zero attached hydrogens (tertiary/aromatic N) is 1. The van der Waals surface area contributed by atoms with Crippen LogP contribution in [-0.2, 0) is 18.6 Å². The lowest BCUT2D eigenvalue weighted by molar-refractivity contribution is -0.896. The highest BCUT2D eigenvalue weighted by atomic mass is 31.2. The van der Waals surface area contributed by atoms with E-state index in [0.29, 0.717) is 12.5 Å². The number of phosphoric ester groups is 1. The van der Waals surface area contributed by atoms with Crippen LogP contribution < -0.4 is 0 Å². The topological polar surface area (TPSA) is 93.1 Å². The number of ether oxygens (including phenoxy) is 1. The Balaban J connectivity index is 4.10. The number of quaternary nitrogens is 1. The molecule has 2 N–H and O–H groups in total. The van der Waals surface area contributed by atoms with Crippen molar-refractivity contribution in [3.8, 4) is 0 Å². The summed E-state index contributed by atoms with van der Waals surface area (Å²) in [6.45, 7) is 5.31. The van der Waals surface area contributed by atoms with E-state index in [9.17, 15) is 9.36 Å². The van der Waals surface area contributed by atoms with Gasteiger partial charge >= 0.3 is 13.8 Å². The standard InChI is InChI=1S/C16H32NO6P/c1-6-16(18)23-14(2)10-7-8-11-15(17(3,4)5)12-9-13-22-24(19,20)21/h6,14-15H,1,7-13H2,2-5H3,(H-,19,20,21)/p+1. The van der Waals surface area contributed by atoms with Gasteiger partial charge < -0.3 is 19.0 Å². The maximum atomic E-state index is 11.1. The first-order chi connectivity index (χ1) is 11.0. The minimum absolute atomic E-state index is 0.0648. The summed E-state index contributed by atoms with van der Waals surface area (Å²) >= 11 is 0. The van der Waals surface area contributed by atoms with E-state index >= 15 is 0 Å². The molecule has 0 aliphatic heterocycles. The molecule has 0 rings (SSSR count). The van der Waals surface area contributed by atoms with E-state index in [-0.39, 0.29) is 12.7 Å². The molecule has 0 aliphatic rings. The van der Waals surface area contributed by atoms with Crippen molar-refractivity contribution in [3.05, 3.63) is 12.7 Å². The minimum atomic E-state index is -4.37. The molecule has 0 saturated heterocycles. The SMILES string of the molecule is C=CC(=O)OC(C)CCCCC(CCCOP(=O)(O)O)[N+](C)(C)C. The Labute approximate surface area is 145 Å². The number of hydrogen-bond donors (Lipinski definition) is 2. The lowest BCUT2D eigenvalue weighted by Crippen LogP contribution is -2.45. The van der Waals surface area contributed by atoms with Crippen molar-refractivity contribution in [2.45, 2.75) is 57.6 Å². The molecule has 0 amide bonds. The first-order valence-electron chi connectivity index (χ1n) is 8.30. The van der Waals surface area contributed by atoms with E-state index < -0.39 is 13.8 Å². The predicted octanol–water partition coefficient (Wildman–Crippen LogP) is 2.63. The van der Waals surface area contributed by atoms with Crippen LogP contribution in [0.15, 0.2) is 12.7 Å². The Morgan fingerprint density at radius 2 is 1.71 bits per heavy atom.